The van der Waals surface area contributed by atoms with Crippen LogP contribution >= 0.6 is 0 Å². The number of nitrogens with zero attached hydrogens (tertiary/aromatic N) is 3. The van der Waals surface area contributed by atoms with E-state index < -0.39 is 47.5 Å². The smallest absolute Gasteiger partial charge is 0.279 e. The predicted molar refractivity (Wildman–Crippen MR) is 124 cm³/mol. The molecule has 0 aliphatic rings. The minimum atomic E-state index is -5.05. The maximum absolute atomic E-state index is 13.3. The highest BCUT2D eigenvalue weighted by atomic mass is 19.4. The van der Waals surface area contributed by atoms with Gasteiger partial charge in [0.1, 0.15) is 5.69 Å². The maximum Gasteiger partial charge on any atom is 0.416 e. The van der Waals surface area contributed by atoms with Crippen molar-refractivity contribution in [2.24, 2.45) is 0 Å². The van der Waals surface area contributed by atoms with Crippen LogP contribution in [0.4, 0.5) is 39.5 Å². The molecule has 1 aromatic heterocycles. The van der Waals surface area contributed by atoms with Crippen LogP contribution in [0.1, 0.15) is 38.3 Å². The number of benzene rings is 3. The Labute approximate surface area is 220 Å². The summed E-state index contributed by atoms with van der Waals surface area (Å²) in [6.07, 6.45) is -14.8. The molecular formula is C27H14F9N3O. The van der Waals surface area contributed by atoms with Crippen LogP contribution in [0.3, 0.4) is 0 Å². The number of ketones is 1. The molecule has 4 aromatic rings. The van der Waals surface area contributed by atoms with Gasteiger partial charge >= 0.3 is 18.5 Å². The first-order valence-electron chi connectivity index (χ1n) is 11.1. The molecule has 13 heteroatoms. The zero-order valence-corrected chi connectivity index (χ0v) is 19.8. The lowest BCUT2D eigenvalue weighted by atomic mass is 10.0. The quantitative estimate of drug-likeness (QED) is 0.148. The number of rotatable bonds is 4. The van der Waals surface area contributed by atoms with Gasteiger partial charge in [-0.25, -0.2) is 4.68 Å². The lowest BCUT2D eigenvalue weighted by Gasteiger charge is -2.15. The average molecular weight is 567 g/mol. The third-order valence-electron chi connectivity index (χ3n) is 5.51. The Hall–Kier alpha value is -4.60. The monoisotopic (exact) mass is 567 g/mol. The SMILES string of the molecule is O=C(C#Cc1nnn(Cc2cc(C(F)(F)F)cc(C(F)(F)F)c2)c1-c1ccccc1)c1cccc(C(F)(F)F)c1. The molecule has 0 aliphatic heterocycles. The molecule has 0 N–H and O–H groups in total. The Balaban J connectivity index is 1.76. The van der Waals surface area contributed by atoms with Gasteiger partial charge in [-0.2, -0.15) is 39.5 Å². The second-order valence-corrected chi connectivity index (χ2v) is 8.38. The highest BCUT2D eigenvalue weighted by Crippen LogP contribution is 2.37. The molecule has 1 heterocycles. The van der Waals surface area contributed by atoms with Gasteiger partial charge in [0.05, 0.1) is 23.2 Å². The van der Waals surface area contributed by atoms with Crippen molar-refractivity contribution < 1.29 is 44.3 Å². The standard InChI is InChI=1S/C27H14F9N3O/c28-25(29,30)19-8-4-7-18(13-19)23(40)10-9-22-24(17-5-2-1-3-6-17)39(38-37-22)15-16-11-20(26(31,32)33)14-21(12-16)27(34,35)36/h1-8,11-14H,15H2. The number of halogens is 9. The Kier molecular flexibility index (Phi) is 7.47. The van der Waals surface area contributed by atoms with Gasteiger partial charge in [-0.05, 0) is 47.7 Å². The van der Waals surface area contributed by atoms with E-state index >= 15 is 0 Å². The van der Waals surface area contributed by atoms with Crippen molar-refractivity contribution in [3.8, 4) is 23.1 Å². The van der Waals surface area contributed by atoms with Crippen LogP contribution in [0.15, 0.2) is 72.8 Å². The second kappa shape index (κ2) is 10.5. The van der Waals surface area contributed by atoms with Gasteiger partial charge in [0.2, 0.25) is 5.78 Å². The highest BCUT2D eigenvalue weighted by Gasteiger charge is 2.37. The van der Waals surface area contributed by atoms with Crippen LogP contribution in [0, 0.1) is 11.8 Å². The molecule has 0 amide bonds. The molecule has 0 radical (unpaired) electrons. The fraction of sp³-hybridized carbons (Fsp3) is 0.148. The molecule has 0 spiro atoms. The Morgan fingerprint density at radius 3 is 1.90 bits per heavy atom. The summed E-state index contributed by atoms with van der Waals surface area (Å²) < 4.78 is 120. The van der Waals surface area contributed by atoms with Crippen molar-refractivity contribution in [3.05, 3.63) is 106 Å². The van der Waals surface area contributed by atoms with Crippen molar-refractivity contribution in [3.63, 3.8) is 0 Å². The van der Waals surface area contributed by atoms with E-state index in [2.05, 4.69) is 22.2 Å². The number of carbonyl (C=O) groups excluding carboxylic acids is 1. The van der Waals surface area contributed by atoms with E-state index in [9.17, 15) is 44.3 Å². The van der Waals surface area contributed by atoms with Crippen LogP contribution in [0.2, 0.25) is 0 Å². The molecule has 4 nitrogen and oxygen atoms in total. The number of hydrogen-bond donors (Lipinski definition) is 0. The van der Waals surface area contributed by atoms with Gasteiger partial charge in [-0.3, -0.25) is 4.79 Å². The average Bonchev–Trinajstić information content (AvgIpc) is 3.28. The predicted octanol–water partition coefficient (Wildman–Crippen LogP) is 7.28. The largest absolute Gasteiger partial charge is 0.416 e. The molecule has 4 rings (SSSR count). The first-order chi connectivity index (χ1) is 18.6. The summed E-state index contributed by atoms with van der Waals surface area (Å²) in [4.78, 5) is 12.5. The van der Waals surface area contributed by atoms with E-state index in [1.165, 1.54) is 0 Å². The summed E-state index contributed by atoms with van der Waals surface area (Å²) in [5.41, 5.74) is -4.55. The number of alkyl halides is 9. The number of Topliss-reactive ketones (excluding diaryl/α,β-unsaturated/α-hetero) is 1. The zero-order chi connectivity index (χ0) is 29.3. The van der Waals surface area contributed by atoms with Crippen molar-refractivity contribution in [1.29, 1.82) is 0 Å². The van der Waals surface area contributed by atoms with Crippen molar-refractivity contribution in [1.82, 2.24) is 15.0 Å². The first kappa shape index (κ1) is 28.4. The van der Waals surface area contributed by atoms with Gasteiger partial charge in [0, 0.05) is 11.1 Å². The Bertz CT molecular complexity index is 1570. The highest BCUT2D eigenvalue weighted by molar-refractivity contribution is 6.09. The van der Waals surface area contributed by atoms with E-state index in [0.29, 0.717) is 23.8 Å². The minimum Gasteiger partial charge on any atom is -0.279 e. The van der Waals surface area contributed by atoms with Gasteiger partial charge < -0.3 is 0 Å². The van der Waals surface area contributed by atoms with Crippen molar-refractivity contribution in [2.75, 3.05) is 0 Å². The molecule has 0 aliphatic carbocycles. The molecule has 40 heavy (non-hydrogen) atoms. The Morgan fingerprint density at radius 1 is 0.725 bits per heavy atom. The fourth-order valence-electron chi connectivity index (χ4n) is 3.70. The first-order valence-corrected chi connectivity index (χ1v) is 11.1. The summed E-state index contributed by atoms with van der Waals surface area (Å²) in [6, 6.07) is 12.6. The molecule has 0 unspecified atom stereocenters. The molecule has 0 fully saturated rings. The molecule has 0 bridgehead atoms. The normalized spacial score (nSPS) is 12.1. The summed E-state index contributed by atoms with van der Waals surface area (Å²) >= 11 is 0. The fourth-order valence-corrected chi connectivity index (χ4v) is 3.70. The third kappa shape index (κ3) is 6.51. The van der Waals surface area contributed by atoms with Crippen LogP contribution in [-0.2, 0) is 25.1 Å². The van der Waals surface area contributed by atoms with E-state index in [-0.39, 0.29) is 28.6 Å². The van der Waals surface area contributed by atoms with E-state index in [0.717, 1.165) is 22.9 Å². The van der Waals surface area contributed by atoms with Crippen LogP contribution < -0.4 is 0 Å². The van der Waals surface area contributed by atoms with Crippen molar-refractivity contribution >= 4 is 5.78 Å². The summed E-state index contributed by atoms with van der Waals surface area (Å²) in [5.74, 6) is 3.60. The van der Waals surface area contributed by atoms with E-state index in [4.69, 9.17) is 0 Å². The van der Waals surface area contributed by atoms with Gasteiger partial charge in [-0.1, -0.05) is 47.7 Å². The van der Waals surface area contributed by atoms with Crippen LogP contribution in [0.25, 0.3) is 11.3 Å². The van der Waals surface area contributed by atoms with E-state index in [1.54, 1.807) is 30.3 Å². The lowest BCUT2D eigenvalue weighted by Crippen LogP contribution is -2.13. The topological polar surface area (TPSA) is 47.8 Å². The van der Waals surface area contributed by atoms with Crippen LogP contribution in [-0.4, -0.2) is 20.8 Å². The molecule has 0 saturated carbocycles. The van der Waals surface area contributed by atoms with Gasteiger partial charge in [0.15, 0.2) is 5.69 Å². The lowest BCUT2D eigenvalue weighted by molar-refractivity contribution is -0.143. The zero-order valence-electron chi connectivity index (χ0n) is 19.8. The summed E-state index contributed by atoms with van der Waals surface area (Å²) in [5, 5.41) is 7.63. The maximum atomic E-state index is 13.3. The summed E-state index contributed by atoms with van der Waals surface area (Å²) in [6.45, 7) is -0.576. The van der Waals surface area contributed by atoms with Crippen LogP contribution in [0.5, 0.6) is 0 Å². The minimum absolute atomic E-state index is 0.000751. The van der Waals surface area contributed by atoms with Gasteiger partial charge in [-0.15, -0.1) is 5.10 Å². The molecular weight excluding hydrogens is 553 g/mol. The third-order valence-corrected chi connectivity index (χ3v) is 5.51. The van der Waals surface area contributed by atoms with E-state index in [1.807, 2.05) is 0 Å². The molecule has 0 saturated heterocycles. The van der Waals surface area contributed by atoms with Crippen molar-refractivity contribution in [2.45, 2.75) is 25.1 Å². The van der Waals surface area contributed by atoms with Gasteiger partial charge in [0.25, 0.3) is 0 Å². The number of aromatic nitrogens is 3. The summed E-state index contributed by atoms with van der Waals surface area (Å²) in [7, 11) is 0. The second-order valence-electron chi connectivity index (χ2n) is 8.38. The Morgan fingerprint density at radius 2 is 1.32 bits per heavy atom. The number of hydrogen-bond acceptors (Lipinski definition) is 3. The molecule has 206 valence electrons. The number of carbonyl (C=O) groups is 1. The molecule has 3 aromatic carbocycles. The molecule has 0 atom stereocenters.